The van der Waals surface area contributed by atoms with Crippen molar-refractivity contribution < 1.29 is 22.7 Å². The summed E-state index contributed by atoms with van der Waals surface area (Å²) in [7, 11) is -3.86. The molecule has 0 bridgehead atoms. The summed E-state index contributed by atoms with van der Waals surface area (Å²) in [6.07, 6.45) is 0.0789. The number of carboxylic acid groups (broad SMARTS) is 1. The highest BCUT2D eigenvalue weighted by atomic mass is 32.2. The lowest BCUT2D eigenvalue weighted by Gasteiger charge is -2.05. The van der Waals surface area contributed by atoms with Crippen LogP contribution in [0.3, 0.4) is 0 Å². The summed E-state index contributed by atoms with van der Waals surface area (Å²) in [6, 6.07) is 2.68. The summed E-state index contributed by atoms with van der Waals surface area (Å²) in [5.74, 6) is 2.50. The number of benzene rings is 1. The van der Waals surface area contributed by atoms with E-state index in [0.29, 0.717) is 0 Å². The van der Waals surface area contributed by atoms with Gasteiger partial charge in [0.1, 0.15) is 10.7 Å². The average molecular weight is 270 g/mol. The molecule has 0 spiro atoms. The fourth-order valence-corrected chi connectivity index (χ4v) is 2.56. The monoisotopic (exact) mass is 270 g/mol. The molecule has 96 valence electrons. The molecule has 0 fully saturated rings. The lowest BCUT2D eigenvalue weighted by molar-refractivity contribution is 0.0696. The van der Waals surface area contributed by atoms with Gasteiger partial charge in [-0.3, -0.25) is 0 Å². The standard InChI is InChI=1S/C12H11FO4S/c1-2-3-4-7-18(16,17)11-8-9(12(14)15)5-6-10(11)13/h5-6,8H,4,7H2,1H3,(H,14,15). The minimum atomic E-state index is -3.86. The predicted octanol–water partition coefficient (Wildman–Crippen LogP) is 1.71. The van der Waals surface area contributed by atoms with Crippen LogP contribution in [-0.2, 0) is 9.84 Å². The zero-order valence-electron chi connectivity index (χ0n) is 9.60. The third-order valence-corrected chi connectivity index (χ3v) is 3.91. The number of hydrogen-bond acceptors (Lipinski definition) is 3. The molecular weight excluding hydrogens is 259 g/mol. The molecule has 0 saturated heterocycles. The molecule has 0 aliphatic rings. The summed E-state index contributed by atoms with van der Waals surface area (Å²) in [5.41, 5.74) is -0.267. The van der Waals surface area contributed by atoms with E-state index in [-0.39, 0.29) is 17.7 Å². The minimum Gasteiger partial charge on any atom is -0.478 e. The number of rotatable bonds is 4. The number of aromatic carboxylic acids is 1. The number of hydrogen-bond donors (Lipinski definition) is 1. The van der Waals surface area contributed by atoms with Crippen molar-refractivity contribution in [2.75, 3.05) is 5.75 Å². The van der Waals surface area contributed by atoms with Crippen LogP contribution in [0.15, 0.2) is 23.1 Å². The molecule has 0 aliphatic heterocycles. The van der Waals surface area contributed by atoms with Gasteiger partial charge in [0.25, 0.3) is 0 Å². The van der Waals surface area contributed by atoms with Gasteiger partial charge in [0.15, 0.2) is 9.84 Å². The third kappa shape index (κ3) is 3.31. The van der Waals surface area contributed by atoms with Crippen LogP contribution >= 0.6 is 0 Å². The molecule has 1 aromatic rings. The van der Waals surface area contributed by atoms with Crippen LogP contribution in [0, 0.1) is 17.7 Å². The Morgan fingerprint density at radius 2 is 2.11 bits per heavy atom. The van der Waals surface area contributed by atoms with Crippen LogP contribution in [-0.4, -0.2) is 25.2 Å². The topological polar surface area (TPSA) is 71.4 Å². The highest BCUT2D eigenvalue weighted by Crippen LogP contribution is 2.18. The minimum absolute atomic E-state index is 0.0789. The molecular formula is C12H11FO4S. The Bertz CT molecular complexity index is 623. The van der Waals surface area contributed by atoms with E-state index in [1.807, 2.05) is 0 Å². The highest BCUT2D eigenvalue weighted by Gasteiger charge is 2.20. The van der Waals surface area contributed by atoms with Gasteiger partial charge in [-0.2, -0.15) is 0 Å². The van der Waals surface area contributed by atoms with E-state index in [4.69, 9.17) is 5.11 Å². The zero-order chi connectivity index (χ0) is 13.8. The molecule has 1 aromatic carbocycles. The Hall–Kier alpha value is -1.87. The van der Waals surface area contributed by atoms with E-state index in [9.17, 15) is 17.6 Å². The Balaban J connectivity index is 3.17. The van der Waals surface area contributed by atoms with Crippen molar-refractivity contribution in [1.82, 2.24) is 0 Å². The predicted molar refractivity (Wildman–Crippen MR) is 63.5 cm³/mol. The molecule has 18 heavy (non-hydrogen) atoms. The van der Waals surface area contributed by atoms with E-state index in [0.717, 1.165) is 18.2 Å². The molecule has 0 atom stereocenters. The van der Waals surface area contributed by atoms with Crippen molar-refractivity contribution in [3.05, 3.63) is 29.6 Å². The summed E-state index contributed by atoms with van der Waals surface area (Å²) in [5, 5.41) is 8.74. The first-order valence-corrected chi connectivity index (χ1v) is 6.69. The largest absolute Gasteiger partial charge is 0.478 e. The van der Waals surface area contributed by atoms with Crippen LogP contribution in [0.25, 0.3) is 0 Å². The van der Waals surface area contributed by atoms with Crippen LogP contribution in [0.5, 0.6) is 0 Å². The maximum Gasteiger partial charge on any atom is 0.335 e. The smallest absolute Gasteiger partial charge is 0.335 e. The Kier molecular flexibility index (Phi) is 4.45. The van der Waals surface area contributed by atoms with Crippen molar-refractivity contribution in [3.63, 3.8) is 0 Å². The number of halogens is 1. The summed E-state index contributed by atoms with van der Waals surface area (Å²) in [4.78, 5) is 10.1. The third-order valence-electron chi connectivity index (χ3n) is 2.19. The highest BCUT2D eigenvalue weighted by molar-refractivity contribution is 7.91. The molecule has 0 heterocycles. The number of carbonyl (C=O) groups is 1. The van der Waals surface area contributed by atoms with Crippen LogP contribution in [0.2, 0.25) is 0 Å². The molecule has 0 aromatic heterocycles. The van der Waals surface area contributed by atoms with Crippen LogP contribution < -0.4 is 0 Å². The van der Waals surface area contributed by atoms with Gasteiger partial charge in [-0.05, 0) is 25.1 Å². The second kappa shape index (κ2) is 5.65. The Morgan fingerprint density at radius 3 is 2.67 bits per heavy atom. The van der Waals surface area contributed by atoms with Gasteiger partial charge in [0.2, 0.25) is 0 Å². The maximum atomic E-state index is 13.4. The van der Waals surface area contributed by atoms with Gasteiger partial charge in [0, 0.05) is 6.42 Å². The number of sulfone groups is 1. The Morgan fingerprint density at radius 1 is 1.44 bits per heavy atom. The summed E-state index contributed by atoms with van der Waals surface area (Å²) < 4.78 is 37.0. The van der Waals surface area contributed by atoms with E-state index in [1.54, 1.807) is 6.92 Å². The van der Waals surface area contributed by atoms with Crippen molar-refractivity contribution in [2.24, 2.45) is 0 Å². The first-order chi connectivity index (χ1) is 8.38. The van der Waals surface area contributed by atoms with E-state index >= 15 is 0 Å². The first kappa shape index (κ1) is 14.2. The lowest BCUT2D eigenvalue weighted by Crippen LogP contribution is -2.10. The first-order valence-electron chi connectivity index (χ1n) is 5.03. The summed E-state index contributed by atoms with van der Waals surface area (Å²) >= 11 is 0. The van der Waals surface area contributed by atoms with Gasteiger partial charge in [-0.15, -0.1) is 11.8 Å². The van der Waals surface area contributed by atoms with Gasteiger partial charge in [-0.25, -0.2) is 17.6 Å². The van der Waals surface area contributed by atoms with Crippen LogP contribution in [0.1, 0.15) is 23.7 Å². The van der Waals surface area contributed by atoms with Gasteiger partial charge < -0.3 is 5.11 Å². The van der Waals surface area contributed by atoms with Crippen molar-refractivity contribution in [2.45, 2.75) is 18.2 Å². The summed E-state index contributed by atoms with van der Waals surface area (Å²) in [6.45, 7) is 1.57. The van der Waals surface area contributed by atoms with Crippen LogP contribution in [0.4, 0.5) is 4.39 Å². The van der Waals surface area contributed by atoms with Crippen molar-refractivity contribution in [1.29, 1.82) is 0 Å². The van der Waals surface area contributed by atoms with Gasteiger partial charge in [-0.1, -0.05) is 0 Å². The molecule has 0 saturated carbocycles. The molecule has 1 N–H and O–H groups in total. The molecule has 0 aliphatic carbocycles. The van der Waals surface area contributed by atoms with Crippen molar-refractivity contribution in [3.8, 4) is 11.8 Å². The molecule has 4 nitrogen and oxygen atoms in total. The van der Waals surface area contributed by atoms with E-state index in [1.165, 1.54) is 0 Å². The molecule has 0 unspecified atom stereocenters. The SMILES string of the molecule is CC#CCCS(=O)(=O)c1cc(C(=O)O)ccc1F. The Labute approximate surface area is 104 Å². The molecule has 6 heteroatoms. The van der Waals surface area contributed by atoms with Gasteiger partial charge >= 0.3 is 5.97 Å². The van der Waals surface area contributed by atoms with E-state index < -0.39 is 26.5 Å². The van der Waals surface area contributed by atoms with Gasteiger partial charge in [0.05, 0.1) is 11.3 Å². The second-order valence-electron chi connectivity index (χ2n) is 3.45. The maximum absolute atomic E-state index is 13.4. The lowest BCUT2D eigenvalue weighted by atomic mass is 10.2. The quantitative estimate of drug-likeness (QED) is 0.845. The van der Waals surface area contributed by atoms with E-state index in [2.05, 4.69) is 11.8 Å². The van der Waals surface area contributed by atoms with Crippen molar-refractivity contribution >= 4 is 15.8 Å². The zero-order valence-corrected chi connectivity index (χ0v) is 10.4. The molecule has 0 amide bonds. The second-order valence-corrected chi connectivity index (χ2v) is 5.52. The normalized spacial score (nSPS) is 10.6. The number of carboxylic acids is 1. The molecule has 0 radical (unpaired) electrons. The fourth-order valence-electron chi connectivity index (χ4n) is 1.30. The average Bonchev–Trinajstić information content (AvgIpc) is 2.29. The fraction of sp³-hybridized carbons (Fsp3) is 0.250. The molecule has 1 rings (SSSR count).